The lowest BCUT2D eigenvalue weighted by atomic mass is 10.1. The maximum absolute atomic E-state index is 13.7. The number of carbonyl (C=O) groups is 1. The molecule has 0 saturated carbocycles. The molecule has 1 aromatic rings. The fraction of sp³-hybridized carbons (Fsp3) is 0.500. The van der Waals surface area contributed by atoms with E-state index < -0.39 is 29.0 Å². The van der Waals surface area contributed by atoms with E-state index in [0.717, 1.165) is 6.42 Å². The SMILES string of the molecule is CCCCN(CCCl)C(=O)c1cc(C(F)(F)F)ccc1F. The molecule has 118 valence electrons. The third-order valence-electron chi connectivity index (χ3n) is 2.95. The molecular formula is C14H16ClF4NO. The van der Waals surface area contributed by atoms with Gasteiger partial charge >= 0.3 is 6.18 Å². The number of amides is 1. The maximum atomic E-state index is 13.7. The summed E-state index contributed by atoms with van der Waals surface area (Å²) < 4.78 is 51.6. The Kier molecular flexibility index (Phi) is 6.45. The minimum atomic E-state index is -4.62. The topological polar surface area (TPSA) is 20.3 Å². The van der Waals surface area contributed by atoms with Crippen molar-refractivity contribution in [3.05, 3.63) is 35.1 Å². The van der Waals surface area contributed by atoms with Gasteiger partial charge in [-0.1, -0.05) is 13.3 Å². The first-order valence-electron chi connectivity index (χ1n) is 6.53. The van der Waals surface area contributed by atoms with Crippen molar-refractivity contribution in [2.45, 2.75) is 25.9 Å². The molecule has 0 saturated heterocycles. The van der Waals surface area contributed by atoms with Crippen LogP contribution in [0.25, 0.3) is 0 Å². The van der Waals surface area contributed by atoms with Crippen LogP contribution < -0.4 is 0 Å². The third-order valence-corrected chi connectivity index (χ3v) is 3.12. The van der Waals surface area contributed by atoms with Gasteiger partial charge in [0.2, 0.25) is 0 Å². The van der Waals surface area contributed by atoms with Gasteiger partial charge < -0.3 is 4.90 Å². The first-order chi connectivity index (χ1) is 9.81. The number of carbonyl (C=O) groups excluding carboxylic acids is 1. The summed E-state index contributed by atoms with van der Waals surface area (Å²) >= 11 is 5.58. The van der Waals surface area contributed by atoms with E-state index in [9.17, 15) is 22.4 Å². The second-order valence-corrected chi connectivity index (χ2v) is 4.91. The number of hydrogen-bond donors (Lipinski definition) is 0. The Hall–Kier alpha value is -1.30. The number of nitrogens with zero attached hydrogens (tertiary/aromatic N) is 1. The van der Waals surface area contributed by atoms with E-state index in [2.05, 4.69) is 0 Å². The van der Waals surface area contributed by atoms with Crippen molar-refractivity contribution < 1.29 is 22.4 Å². The van der Waals surface area contributed by atoms with Gasteiger partial charge in [0.05, 0.1) is 11.1 Å². The van der Waals surface area contributed by atoms with Crippen LogP contribution in [0.3, 0.4) is 0 Å². The van der Waals surface area contributed by atoms with Crippen LogP contribution in [0.1, 0.15) is 35.7 Å². The third kappa shape index (κ3) is 4.88. The lowest BCUT2D eigenvalue weighted by Gasteiger charge is -2.22. The lowest BCUT2D eigenvalue weighted by Crippen LogP contribution is -2.34. The van der Waals surface area contributed by atoms with Crippen molar-refractivity contribution in [3.8, 4) is 0 Å². The van der Waals surface area contributed by atoms with E-state index in [1.54, 1.807) is 0 Å². The Morgan fingerprint density at radius 2 is 1.95 bits per heavy atom. The van der Waals surface area contributed by atoms with E-state index >= 15 is 0 Å². The zero-order chi connectivity index (χ0) is 16.0. The van der Waals surface area contributed by atoms with Gasteiger partial charge in [-0.15, -0.1) is 11.6 Å². The summed E-state index contributed by atoms with van der Waals surface area (Å²) in [7, 11) is 0. The molecule has 0 aliphatic carbocycles. The summed E-state index contributed by atoms with van der Waals surface area (Å²) in [4.78, 5) is 13.5. The predicted molar refractivity (Wildman–Crippen MR) is 72.9 cm³/mol. The van der Waals surface area contributed by atoms with E-state index in [0.29, 0.717) is 31.2 Å². The average Bonchev–Trinajstić information content (AvgIpc) is 2.42. The summed E-state index contributed by atoms with van der Waals surface area (Å²) in [6.07, 6.45) is -3.15. The van der Waals surface area contributed by atoms with Crippen LogP contribution in [-0.4, -0.2) is 29.8 Å². The smallest absolute Gasteiger partial charge is 0.337 e. The highest BCUT2D eigenvalue weighted by atomic mass is 35.5. The minimum Gasteiger partial charge on any atom is -0.337 e. The molecule has 7 heteroatoms. The van der Waals surface area contributed by atoms with E-state index in [4.69, 9.17) is 11.6 Å². The van der Waals surface area contributed by atoms with Crippen LogP contribution in [0.2, 0.25) is 0 Å². The second-order valence-electron chi connectivity index (χ2n) is 4.53. The molecule has 0 aliphatic heterocycles. The van der Waals surface area contributed by atoms with E-state index in [1.807, 2.05) is 6.92 Å². The van der Waals surface area contributed by atoms with Gasteiger partial charge in [-0.3, -0.25) is 4.79 Å². The molecule has 1 aromatic carbocycles. The molecule has 21 heavy (non-hydrogen) atoms. The fourth-order valence-corrected chi connectivity index (χ4v) is 2.01. The highest BCUT2D eigenvalue weighted by Gasteiger charge is 2.32. The molecule has 2 nitrogen and oxygen atoms in total. The predicted octanol–water partition coefficient (Wildman–Crippen LogP) is 4.33. The first-order valence-corrected chi connectivity index (χ1v) is 7.06. The number of rotatable bonds is 6. The van der Waals surface area contributed by atoms with Gasteiger partial charge in [-0.2, -0.15) is 13.2 Å². The summed E-state index contributed by atoms with van der Waals surface area (Å²) in [6, 6.07) is 1.82. The largest absolute Gasteiger partial charge is 0.416 e. The van der Waals surface area contributed by atoms with Gasteiger partial charge in [0.15, 0.2) is 0 Å². The number of halogens is 5. The van der Waals surface area contributed by atoms with E-state index in [1.165, 1.54) is 4.90 Å². The summed E-state index contributed by atoms with van der Waals surface area (Å²) in [5, 5.41) is 0. The molecule has 0 aliphatic rings. The normalized spacial score (nSPS) is 11.5. The molecule has 1 rings (SSSR count). The Morgan fingerprint density at radius 1 is 1.29 bits per heavy atom. The molecule has 0 fully saturated rings. The summed E-state index contributed by atoms with van der Waals surface area (Å²) in [6.45, 7) is 2.40. The Balaban J connectivity index is 3.08. The van der Waals surface area contributed by atoms with Crippen LogP contribution in [0.4, 0.5) is 17.6 Å². The second kappa shape index (κ2) is 7.64. The fourth-order valence-electron chi connectivity index (χ4n) is 1.80. The molecule has 1 amide bonds. The highest BCUT2D eigenvalue weighted by molar-refractivity contribution is 6.18. The van der Waals surface area contributed by atoms with Crippen LogP contribution in [0.15, 0.2) is 18.2 Å². The Labute approximate surface area is 125 Å². The van der Waals surface area contributed by atoms with Crippen LogP contribution in [0, 0.1) is 5.82 Å². The van der Waals surface area contributed by atoms with Gasteiger partial charge in [0.1, 0.15) is 5.82 Å². The van der Waals surface area contributed by atoms with Crippen LogP contribution in [0.5, 0.6) is 0 Å². The number of hydrogen-bond acceptors (Lipinski definition) is 1. The van der Waals surface area contributed by atoms with Gasteiger partial charge in [0.25, 0.3) is 5.91 Å². The quantitative estimate of drug-likeness (QED) is 0.563. The van der Waals surface area contributed by atoms with Crippen molar-refractivity contribution >= 4 is 17.5 Å². The molecule has 0 N–H and O–H groups in total. The minimum absolute atomic E-state index is 0.135. The van der Waals surface area contributed by atoms with Crippen molar-refractivity contribution in [1.82, 2.24) is 4.90 Å². The molecule has 0 atom stereocenters. The lowest BCUT2D eigenvalue weighted by molar-refractivity contribution is -0.137. The molecule has 0 radical (unpaired) electrons. The number of unbranched alkanes of at least 4 members (excludes halogenated alkanes) is 1. The molecular weight excluding hydrogens is 310 g/mol. The summed E-state index contributed by atoms with van der Waals surface area (Å²) in [5.74, 6) is -1.60. The van der Waals surface area contributed by atoms with Gasteiger partial charge in [-0.05, 0) is 24.6 Å². The molecule has 0 aromatic heterocycles. The number of benzene rings is 1. The molecule has 0 unspecified atom stereocenters. The summed E-state index contributed by atoms with van der Waals surface area (Å²) in [5.41, 5.74) is -1.63. The van der Waals surface area contributed by atoms with Crippen molar-refractivity contribution in [3.63, 3.8) is 0 Å². The molecule has 0 heterocycles. The first kappa shape index (κ1) is 17.8. The van der Waals surface area contributed by atoms with Crippen molar-refractivity contribution in [2.75, 3.05) is 19.0 Å². The molecule has 0 spiro atoms. The van der Waals surface area contributed by atoms with E-state index in [-0.39, 0.29) is 12.4 Å². The molecule has 0 bridgehead atoms. The highest BCUT2D eigenvalue weighted by Crippen LogP contribution is 2.30. The van der Waals surface area contributed by atoms with Crippen LogP contribution >= 0.6 is 11.6 Å². The standard InChI is InChI=1S/C14H16ClF4NO/c1-2-3-7-20(8-6-15)13(21)11-9-10(14(17,18)19)4-5-12(11)16/h4-5,9H,2-3,6-8H2,1H3. The monoisotopic (exact) mass is 325 g/mol. The van der Waals surface area contributed by atoms with Crippen molar-refractivity contribution in [1.29, 1.82) is 0 Å². The average molecular weight is 326 g/mol. The Bertz CT molecular complexity index is 490. The maximum Gasteiger partial charge on any atom is 0.416 e. The van der Waals surface area contributed by atoms with Gasteiger partial charge in [-0.25, -0.2) is 4.39 Å². The van der Waals surface area contributed by atoms with Gasteiger partial charge in [0, 0.05) is 19.0 Å². The number of alkyl halides is 4. The van der Waals surface area contributed by atoms with Crippen LogP contribution in [-0.2, 0) is 6.18 Å². The Morgan fingerprint density at radius 3 is 2.48 bits per heavy atom. The zero-order valence-corrected chi connectivity index (χ0v) is 12.3. The van der Waals surface area contributed by atoms with Crippen molar-refractivity contribution in [2.24, 2.45) is 0 Å². The zero-order valence-electron chi connectivity index (χ0n) is 11.5.